The summed E-state index contributed by atoms with van der Waals surface area (Å²) in [4.78, 5) is 27.4. The molecule has 0 radical (unpaired) electrons. The molecule has 3 heterocycles. The number of hydrogen-bond donors (Lipinski definition) is 1. The van der Waals surface area contributed by atoms with Gasteiger partial charge in [-0.05, 0) is 29.8 Å². The SMILES string of the molecule is Cn1c(=O)[nH]c(=O)c2c1n1c(-c3ccccc3Cl)nnc1n2Cc1ccc(F)cc1. The van der Waals surface area contributed by atoms with Gasteiger partial charge in [-0.15, -0.1) is 10.2 Å². The summed E-state index contributed by atoms with van der Waals surface area (Å²) in [5.41, 5.74) is 0.838. The molecule has 3 aromatic heterocycles. The average Bonchev–Trinajstić information content (AvgIpc) is 3.28. The second kappa shape index (κ2) is 6.67. The minimum atomic E-state index is -0.563. The van der Waals surface area contributed by atoms with Gasteiger partial charge in [-0.1, -0.05) is 35.9 Å². The molecule has 0 bridgehead atoms. The summed E-state index contributed by atoms with van der Waals surface area (Å²) in [6.07, 6.45) is 0. The molecule has 0 atom stereocenters. The molecule has 0 aliphatic rings. The van der Waals surface area contributed by atoms with Crippen LogP contribution in [0.1, 0.15) is 5.56 Å². The predicted octanol–water partition coefficient (Wildman–Crippen LogP) is 2.58. The van der Waals surface area contributed by atoms with Crippen molar-refractivity contribution in [2.45, 2.75) is 6.54 Å². The number of aromatic nitrogens is 6. The summed E-state index contributed by atoms with van der Waals surface area (Å²) < 4.78 is 17.9. The lowest BCUT2D eigenvalue weighted by molar-refractivity contribution is 0.626. The van der Waals surface area contributed by atoms with E-state index < -0.39 is 11.2 Å². The number of benzene rings is 2. The minimum absolute atomic E-state index is 0.231. The van der Waals surface area contributed by atoms with Crippen LogP contribution in [0.4, 0.5) is 4.39 Å². The van der Waals surface area contributed by atoms with Gasteiger partial charge >= 0.3 is 5.69 Å². The summed E-state index contributed by atoms with van der Waals surface area (Å²) in [6.45, 7) is 0.231. The first-order chi connectivity index (χ1) is 14.5. The zero-order valence-corrected chi connectivity index (χ0v) is 16.4. The van der Waals surface area contributed by atoms with E-state index in [2.05, 4.69) is 15.2 Å². The van der Waals surface area contributed by atoms with Crippen molar-refractivity contribution in [3.63, 3.8) is 0 Å². The lowest BCUT2D eigenvalue weighted by atomic mass is 10.2. The lowest BCUT2D eigenvalue weighted by Crippen LogP contribution is -2.29. The number of H-pyrrole nitrogens is 1. The van der Waals surface area contributed by atoms with Gasteiger partial charge in [0.1, 0.15) is 5.82 Å². The number of nitrogens with one attached hydrogen (secondary N) is 1. The van der Waals surface area contributed by atoms with Crippen molar-refractivity contribution in [3.8, 4) is 11.4 Å². The summed E-state index contributed by atoms with van der Waals surface area (Å²) in [5, 5.41) is 9.01. The van der Waals surface area contributed by atoms with Crippen LogP contribution in [0, 0.1) is 5.82 Å². The van der Waals surface area contributed by atoms with E-state index in [-0.39, 0.29) is 17.9 Å². The van der Waals surface area contributed by atoms with Crippen molar-refractivity contribution in [3.05, 3.63) is 85.8 Å². The third kappa shape index (κ3) is 2.66. The van der Waals surface area contributed by atoms with Gasteiger partial charge in [0.2, 0.25) is 5.78 Å². The molecule has 0 saturated heterocycles. The average molecular weight is 425 g/mol. The Morgan fingerprint density at radius 2 is 1.80 bits per heavy atom. The van der Waals surface area contributed by atoms with Crippen LogP contribution >= 0.6 is 11.6 Å². The van der Waals surface area contributed by atoms with Gasteiger partial charge in [0.15, 0.2) is 17.0 Å². The first kappa shape index (κ1) is 18.3. The number of nitrogens with zero attached hydrogens (tertiary/aromatic N) is 5. The topological polar surface area (TPSA) is 90.0 Å². The molecule has 10 heteroatoms. The Labute approximate surface area is 172 Å². The first-order valence-electron chi connectivity index (χ1n) is 9.01. The van der Waals surface area contributed by atoms with E-state index in [0.717, 1.165) is 5.56 Å². The number of fused-ring (bicyclic) bond motifs is 3. The molecule has 0 amide bonds. The molecule has 0 unspecified atom stereocenters. The van der Waals surface area contributed by atoms with Crippen molar-refractivity contribution in [2.24, 2.45) is 7.05 Å². The zero-order valence-electron chi connectivity index (χ0n) is 15.6. The van der Waals surface area contributed by atoms with Gasteiger partial charge in [-0.3, -0.25) is 18.9 Å². The fourth-order valence-corrected chi connectivity index (χ4v) is 3.80. The molecule has 0 spiro atoms. The van der Waals surface area contributed by atoms with Gasteiger partial charge in [-0.2, -0.15) is 0 Å². The lowest BCUT2D eigenvalue weighted by Gasteiger charge is -2.05. The van der Waals surface area contributed by atoms with Crippen LogP contribution in [0.2, 0.25) is 5.02 Å². The van der Waals surface area contributed by atoms with Gasteiger partial charge in [-0.25, -0.2) is 13.6 Å². The number of rotatable bonds is 3. The summed E-state index contributed by atoms with van der Waals surface area (Å²) in [7, 11) is 1.55. The van der Waals surface area contributed by atoms with Gasteiger partial charge in [0, 0.05) is 12.6 Å². The highest BCUT2D eigenvalue weighted by molar-refractivity contribution is 6.33. The van der Waals surface area contributed by atoms with E-state index in [1.54, 1.807) is 46.3 Å². The van der Waals surface area contributed by atoms with Crippen molar-refractivity contribution < 1.29 is 4.39 Å². The minimum Gasteiger partial charge on any atom is -0.298 e. The molecule has 30 heavy (non-hydrogen) atoms. The summed E-state index contributed by atoms with van der Waals surface area (Å²) in [5.74, 6) is 0.403. The second-order valence-corrected chi connectivity index (χ2v) is 7.25. The summed E-state index contributed by atoms with van der Waals surface area (Å²) in [6, 6.07) is 13.1. The van der Waals surface area contributed by atoms with Crippen LogP contribution in [0.5, 0.6) is 0 Å². The molecular formula is C20H14ClFN6O2. The predicted molar refractivity (Wildman–Crippen MR) is 110 cm³/mol. The molecule has 0 aliphatic heterocycles. The third-order valence-electron chi connectivity index (χ3n) is 5.01. The molecule has 8 nitrogen and oxygen atoms in total. The Morgan fingerprint density at radius 1 is 1.07 bits per heavy atom. The van der Waals surface area contributed by atoms with Crippen LogP contribution in [0.25, 0.3) is 28.3 Å². The fraction of sp³-hybridized carbons (Fsp3) is 0.100. The quantitative estimate of drug-likeness (QED) is 0.482. The highest BCUT2D eigenvalue weighted by Gasteiger charge is 2.23. The molecule has 1 N–H and O–H groups in total. The highest BCUT2D eigenvalue weighted by Crippen LogP contribution is 2.29. The van der Waals surface area contributed by atoms with Crippen molar-refractivity contribution in [1.82, 2.24) is 28.7 Å². The van der Waals surface area contributed by atoms with Crippen molar-refractivity contribution in [1.29, 1.82) is 0 Å². The van der Waals surface area contributed by atoms with E-state index in [0.29, 0.717) is 27.8 Å². The third-order valence-corrected chi connectivity index (χ3v) is 5.34. The molecule has 0 aliphatic carbocycles. The molecule has 0 saturated carbocycles. The van der Waals surface area contributed by atoms with Crippen molar-refractivity contribution >= 4 is 28.5 Å². The van der Waals surface area contributed by atoms with Gasteiger partial charge in [0.25, 0.3) is 5.56 Å². The molecule has 5 rings (SSSR count). The maximum atomic E-state index is 13.3. The smallest absolute Gasteiger partial charge is 0.298 e. The van der Waals surface area contributed by atoms with E-state index in [9.17, 15) is 14.0 Å². The Morgan fingerprint density at radius 3 is 2.53 bits per heavy atom. The number of hydrogen-bond acceptors (Lipinski definition) is 4. The Kier molecular flexibility index (Phi) is 4.07. The fourth-order valence-electron chi connectivity index (χ4n) is 3.58. The van der Waals surface area contributed by atoms with Gasteiger partial charge < -0.3 is 0 Å². The highest BCUT2D eigenvalue weighted by atomic mass is 35.5. The molecule has 5 aromatic rings. The maximum absolute atomic E-state index is 13.3. The van der Waals surface area contributed by atoms with Crippen molar-refractivity contribution in [2.75, 3.05) is 0 Å². The molecule has 2 aromatic carbocycles. The van der Waals surface area contributed by atoms with Gasteiger partial charge in [0.05, 0.1) is 11.6 Å². The Hall–Kier alpha value is -3.72. The van der Waals surface area contributed by atoms with Crippen LogP contribution < -0.4 is 11.2 Å². The normalized spacial score (nSPS) is 11.6. The summed E-state index contributed by atoms with van der Waals surface area (Å²) >= 11 is 6.36. The molecule has 150 valence electrons. The Balaban J connectivity index is 1.89. The monoisotopic (exact) mass is 424 g/mol. The van der Waals surface area contributed by atoms with Crippen LogP contribution in [0.3, 0.4) is 0 Å². The van der Waals surface area contributed by atoms with Crippen LogP contribution in [-0.2, 0) is 13.6 Å². The number of halogens is 2. The van der Waals surface area contributed by atoms with Crippen LogP contribution in [0.15, 0.2) is 58.1 Å². The maximum Gasteiger partial charge on any atom is 0.329 e. The molecular weight excluding hydrogens is 411 g/mol. The number of aryl methyl sites for hydroxylation is 1. The largest absolute Gasteiger partial charge is 0.329 e. The number of imidazole rings is 1. The van der Waals surface area contributed by atoms with E-state index in [1.165, 1.54) is 16.7 Å². The Bertz CT molecular complexity index is 1540. The molecule has 0 fully saturated rings. The van der Waals surface area contributed by atoms with Crippen LogP contribution in [-0.4, -0.2) is 28.7 Å². The van der Waals surface area contributed by atoms with E-state index in [1.807, 2.05) is 6.07 Å². The second-order valence-electron chi connectivity index (χ2n) is 6.84. The van der Waals surface area contributed by atoms with E-state index >= 15 is 0 Å². The number of aromatic amines is 1. The standard InChI is InChI=1S/C20H14ClFN6O2/c1-26-18-15(17(29)23-20(26)30)27(10-11-6-8-12(22)9-7-11)19-25-24-16(28(18)19)13-4-2-3-5-14(13)21/h2-9H,10H2,1H3,(H,23,29,30). The van der Waals surface area contributed by atoms with E-state index in [4.69, 9.17) is 11.6 Å². The zero-order chi connectivity index (χ0) is 21.0. The first-order valence-corrected chi connectivity index (χ1v) is 9.39.